The van der Waals surface area contributed by atoms with E-state index >= 15 is 0 Å². The van der Waals surface area contributed by atoms with Gasteiger partial charge in [-0.1, -0.05) is 6.07 Å². The van der Waals surface area contributed by atoms with Crippen LogP contribution in [0.4, 0.5) is 0 Å². The molecule has 27 heavy (non-hydrogen) atoms. The summed E-state index contributed by atoms with van der Waals surface area (Å²) in [4.78, 5) is 15.3. The molecule has 0 saturated carbocycles. The molecule has 0 fully saturated rings. The lowest BCUT2D eigenvalue weighted by atomic mass is 10.3. The standard InChI is InChI=1S/C20H28N6S/c1-5-21-20(23-11-9-18-24-15(3)16(4)27-18)22-10-8-17-13-26-12-6-7-14(2)19(26)25-17/h6-7,12-13H,5,8-11H2,1-4H3,(H2,21,22,23). The van der Waals surface area contributed by atoms with Gasteiger partial charge in [0.05, 0.1) is 16.4 Å². The second kappa shape index (κ2) is 8.99. The minimum Gasteiger partial charge on any atom is -0.357 e. The average molecular weight is 385 g/mol. The SMILES string of the molecule is CCNC(=NCCc1nc(C)c(C)s1)NCCc1cn2cccc(C)c2n1. The van der Waals surface area contributed by atoms with Crippen LogP contribution in [0.15, 0.2) is 29.5 Å². The molecule has 0 unspecified atom stereocenters. The Labute approximate surface area is 164 Å². The number of aliphatic imine (C=N–C) groups is 1. The van der Waals surface area contributed by atoms with Crippen molar-refractivity contribution in [1.82, 2.24) is 25.0 Å². The Hall–Kier alpha value is -2.41. The maximum absolute atomic E-state index is 4.72. The van der Waals surface area contributed by atoms with E-state index in [4.69, 9.17) is 4.98 Å². The molecule has 0 amide bonds. The van der Waals surface area contributed by atoms with E-state index in [1.807, 2.05) is 12.3 Å². The second-order valence-electron chi connectivity index (χ2n) is 6.59. The molecule has 7 heteroatoms. The number of rotatable bonds is 7. The molecule has 0 aliphatic rings. The number of thiazole rings is 1. The van der Waals surface area contributed by atoms with Crippen LogP contribution in [0, 0.1) is 20.8 Å². The van der Waals surface area contributed by atoms with Crippen LogP contribution < -0.4 is 10.6 Å². The Bertz CT molecular complexity index is 904. The van der Waals surface area contributed by atoms with Crippen LogP contribution in [0.2, 0.25) is 0 Å². The Kier molecular flexibility index (Phi) is 6.45. The van der Waals surface area contributed by atoms with Crippen molar-refractivity contribution in [2.24, 2.45) is 4.99 Å². The molecule has 3 rings (SSSR count). The largest absolute Gasteiger partial charge is 0.357 e. The third-order valence-corrected chi connectivity index (χ3v) is 5.55. The first kappa shape index (κ1) is 19.4. The van der Waals surface area contributed by atoms with E-state index in [9.17, 15) is 0 Å². The summed E-state index contributed by atoms with van der Waals surface area (Å²) in [7, 11) is 0. The molecule has 0 saturated heterocycles. The monoisotopic (exact) mass is 384 g/mol. The van der Waals surface area contributed by atoms with Crippen LogP contribution >= 0.6 is 11.3 Å². The van der Waals surface area contributed by atoms with Crippen LogP contribution in [0.3, 0.4) is 0 Å². The molecule has 0 bridgehead atoms. The molecule has 3 aromatic heterocycles. The number of guanidine groups is 1. The highest BCUT2D eigenvalue weighted by atomic mass is 32.1. The third kappa shape index (κ3) is 5.07. The molecule has 6 nitrogen and oxygen atoms in total. The fourth-order valence-corrected chi connectivity index (χ4v) is 3.81. The van der Waals surface area contributed by atoms with Gasteiger partial charge >= 0.3 is 0 Å². The lowest BCUT2D eigenvalue weighted by molar-refractivity contribution is 0.788. The molecule has 0 aromatic carbocycles. The van der Waals surface area contributed by atoms with Gasteiger partial charge in [0.2, 0.25) is 0 Å². The van der Waals surface area contributed by atoms with Gasteiger partial charge in [-0.2, -0.15) is 0 Å². The number of hydrogen-bond acceptors (Lipinski definition) is 4. The van der Waals surface area contributed by atoms with Gasteiger partial charge in [0, 0.05) is 49.7 Å². The van der Waals surface area contributed by atoms with E-state index < -0.39 is 0 Å². The van der Waals surface area contributed by atoms with Crippen molar-refractivity contribution in [2.45, 2.75) is 40.5 Å². The van der Waals surface area contributed by atoms with E-state index in [1.54, 1.807) is 11.3 Å². The van der Waals surface area contributed by atoms with E-state index in [-0.39, 0.29) is 0 Å². The predicted molar refractivity (Wildman–Crippen MR) is 113 cm³/mol. The quantitative estimate of drug-likeness (QED) is 0.485. The fraction of sp³-hybridized carbons (Fsp3) is 0.450. The van der Waals surface area contributed by atoms with Crippen LogP contribution in [-0.2, 0) is 12.8 Å². The number of fused-ring (bicyclic) bond motifs is 1. The van der Waals surface area contributed by atoms with Gasteiger partial charge in [0.15, 0.2) is 5.96 Å². The Balaban J connectivity index is 1.53. The topological polar surface area (TPSA) is 66.6 Å². The van der Waals surface area contributed by atoms with Crippen molar-refractivity contribution in [3.63, 3.8) is 0 Å². The molecule has 0 radical (unpaired) electrons. The highest BCUT2D eigenvalue weighted by Gasteiger charge is 2.05. The summed E-state index contributed by atoms with van der Waals surface area (Å²) < 4.78 is 2.09. The van der Waals surface area contributed by atoms with Gasteiger partial charge in [0.1, 0.15) is 5.65 Å². The van der Waals surface area contributed by atoms with Crippen molar-refractivity contribution in [1.29, 1.82) is 0 Å². The van der Waals surface area contributed by atoms with E-state index in [0.29, 0.717) is 0 Å². The predicted octanol–water partition coefficient (Wildman–Crippen LogP) is 3.06. The van der Waals surface area contributed by atoms with Gasteiger partial charge in [-0.05, 0) is 39.3 Å². The van der Waals surface area contributed by atoms with Crippen molar-refractivity contribution in [3.8, 4) is 0 Å². The van der Waals surface area contributed by atoms with Crippen LogP contribution in [-0.4, -0.2) is 40.0 Å². The molecule has 144 valence electrons. The van der Waals surface area contributed by atoms with Crippen LogP contribution in [0.5, 0.6) is 0 Å². The molecule has 3 aromatic rings. The highest BCUT2D eigenvalue weighted by Crippen LogP contribution is 2.16. The first-order valence-electron chi connectivity index (χ1n) is 9.45. The number of imidazole rings is 1. The smallest absolute Gasteiger partial charge is 0.191 e. The van der Waals surface area contributed by atoms with Crippen molar-refractivity contribution >= 4 is 22.9 Å². The fourth-order valence-electron chi connectivity index (χ4n) is 2.89. The lowest BCUT2D eigenvalue weighted by Gasteiger charge is -2.10. The Morgan fingerprint density at radius 1 is 1.19 bits per heavy atom. The summed E-state index contributed by atoms with van der Waals surface area (Å²) in [5.41, 5.74) is 4.44. The summed E-state index contributed by atoms with van der Waals surface area (Å²) >= 11 is 1.77. The third-order valence-electron chi connectivity index (χ3n) is 4.41. The van der Waals surface area contributed by atoms with E-state index in [2.05, 4.69) is 65.0 Å². The van der Waals surface area contributed by atoms with Gasteiger partial charge in [-0.25, -0.2) is 9.97 Å². The lowest BCUT2D eigenvalue weighted by Crippen LogP contribution is -2.38. The minimum absolute atomic E-state index is 0.731. The van der Waals surface area contributed by atoms with Crippen molar-refractivity contribution in [2.75, 3.05) is 19.6 Å². The van der Waals surface area contributed by atoms with Gasteiger partial charge in [-0.15, -0.1) is 11.3 Å². The summed E-state index contributed by atoms with van der Waals surface area (Å²) in [5.74, 6) is 0.849. The van der Waals surface area contributed by atoms with Crippen molar-refractivity contribution < 1.29 is 0 Å². The van der Waals surface area contributed by atoms with Gasteiger partial charge in [0.25, 0.3) is 0 Å². The number of aromatic nitrogens is 3. The zero-order chi connectivity index (χ0) is 19.2. The maximum atomic E-state index is 4.72. The zero-order valence-corrected chi connectivity index (χ0v) is 17.4. The molecular weight excluding hydrogens is 356 g/mol. The van der Waals surface area contributed by atoms with Crippen LogP contribution in [0.25, 0.3) is 5.65 Å². The number of aryl methyl sites for hydroxylation is 3. The normalized spacial score (nSPS) is 11.9. The molecule has 0 spiro atoms. The molecule has 0 aliphatic heterocycles. The first-order chi connectivity index (χ1) is 13.1. The summed E-state index contributed by atoms with van der Waals surface area (Å²) in [6.45, 7) is 10.7. The average Bonchev–Trinajstić information content (AvgIpc) is 3.19. The first-order valence-corrected chi connectivity index (χ1v) is 10.3. The maximum Gasteiger partial charge on any atom is 0.191 e. The summed E-state index contributed by atoms with van der Waals surface area (Å²) in [5, 5.41) is 7.86. The summed E-state index contributed by atoms with van der Waals surface area (Å²) in [6.07, 6.45) is 5.87. The van der Waals surface area contributed by atoms with Gasteiger partial charge < -0.3 is 15.0 Å². The van der Waals surface area contributed by atoms with Crippen molar-refractivity contribution in [3.05, 3.63) is 51.4 Å². The number of nitrogens with one attached hydrogen (secondary N) is 2. The Morgan fingerprint density at radius 3 is 2.74 bits per heavy atom. The molecule has 3 heterocycles. The molecule has 0 atom stereocenters. The molecule has 2 N–H and O–H groups in total. The second-order valence-corrected chi connectivity index (χ2v) is 7.88. The van der Waals surface area contributed by atoms with Gasteiger partial charge in [-0.3, -0.25) is 4.99 Å². The number of nitrogens with zero attached hydrogens (tertiary/aromatic N) is 4. The highest BCUT2D eigenvalue weighted by molar-refractivity contribution is 7.11. The Morgan fingerprint density at radius 2 is 2.04 bits per heavy atom. The molecule has 0 aliphatic carbocycles. The minimum atomic E-state index is 0.731. The summed E-state index contributed by atoms with van der Waals surface area (Å²) in [6, 6.07) is 4.14. The number of pyridine rings is 1. The van der Waals surface area contributed by atoms with Crippen LogP contribution in [0.1, 0.15) is 33.8 Å². The van der Waals surface area contributed by atoms with E-state index in [0.717, 1.165) is 60.5 Å². The molecular formula is C20H28N6S. The zero-order valence-electron chi connectivity index (χ0n) is 16.5. The number of hydrogen-bond donors (Lipinski definition) is 2. The van der Waals surface area contributed by atoms with E-state index in [1.165, 1.54) is 10.4 Å².